The van der Waals surface area contributed by atoms with Crippen molar-refractivity contribution in [1.29, 1.82) is 0 Å². The van der Waals surface area contributed by atoms with Gasteiger partial charge in [0.05, 0.1) is 18.2 Å². The zero-order valence-corrected chi connectivity index (χ0v) is 11.9. The monoisotopic (exact) mass is 287 g/mol. The predicted molar refractivity (Wildman–Crippen MR) is 76.8 cm³/mol. The van der Waals surface area contributed by atoms with Gasteiger partial charge in [0.15, 0.2) is 0 Å². The second-order valence-electron chi connectivity index (χ2n) is 4.83. The summed E-state index contributed by atoms with van der Waals surface area (Å²) >= 11 is 0. The molecular weight excluding hydrogens is 270 g/mol. The molecule has 1 unspecified atom stereocenters. The number of aromatic nitrogens is 2. The number of carbonyl (C=O) groups is 2. The third-order valence-electron chi connectivity index (χ3n) is 3.12. The molecule has 2 rings (SSSR count). The molecule has 0 bridgehead atoms. The molecule has 2 N–H and O–H groups in total. The molecule has 1 heterocycles. The van der Waals surface area contributed by atoms with Gasteiger partial charge in [0.2, 0.25) is 0 Å². The molecule has 0 aliphatic heterocycles. The maximum Gasteiger partial charge on any atom is 0.305 e. The van der Waals surface area contributed by atoms with E-state index in [1.807, 2.05) is 18.2 Å². The second-order valence-corrected chi connectivity index (χ2v) is 4.83. The molecule has 1 amide bonds. The van der Waals surface area contributed by atoms with E-state index in [1.165, 1.54) is 4.68 Å². The number of aliphatic carboxylic acids is 1. The first-order chi connectivity index (χ1) is 9.97. The van der Waals surface area contributed by atoms with E-state index in [1.54, 1.807) is 32.2 Å². The van der Waals surface area contributed by atoms with Crippen LogP contribution in [-0.4, -0.2) is 26.8 Å². The zero-order chi connectivity index (χ0) is 15.4. The number of amides is 1. The molecule has 1 aromatic carbocycles. The minimum Gasteiger partial charge on any atom is -0.481 e. The number of benzene rings is 1. The van der Waals surface area contributed by atoms with Crippen LogP contribution in [0.15, 0.2) is 36.4 Å². The van der Waals surface area contributed by atoms with E-state index in [0.717, 1.165) is 11.3 Å². The van der Waals surface area contributed by atoms with Gasteiger partial charge in [0, 0.05) is 7.05 Å². The average Bonchev–Trinajstić information content (AvgIpc) is 2.77. The highest BCUT2D eigenvalue weighted by molar-refractivity contribution is 5.93. The standard InChI is InChI=1S/C15H17N3O3/c1-10-8-13(18(2)17-10)15(21)16-12(9-14(19)20)11-6-4-3-5-7-11/h3-8,12H,9H2,1-2H3,(H,16,21)(H,19,20). The number of aryl methyl sites for hydroxylation is 2. The van der Waals surface area contributed by atoms with Crippen molar-refractivity contribution in [2.24, 2.45) is 7.05 Å². The fourth-order valence-corrected chi connectivity index (χ4v) is 2.17. The Labute approximate surface area is 122 Å². The summed E-state index contributed by atoms with van der Waals surface area (Å²) in [6.07, 6.45) is -0.174. The van der Waals surface area contributed by atoms with Crippen molar-refractivity contribution in [1.82, 2.24) is 15.1 Å². The van der Waals surface area contributed by atoms with Gasteiger partial charge in [-0.05, 0) is 18.6 Å². The van der Waals surface area contributed by atoms with E-state index >= 15 is 0 Å². The van der Waals surface area contributed by atoms with Gasteiger partial charge in [-0.25, -0.2) is 0 Å². The van der Waals surface area contributed by atoms with Crippen LogP contribution < -0.4 is 5.32 Å². The molecule has 6 nitrogen and oxygen atoms in total. The number of hydrogen-bond acceptors (Lipinski definition) is 3. The van der Waals surface area contributed by atoms with Gasteiger partial charge in [-0.1, -0.05) is 30.3 Å². The Kier molecular flexibility index (Phi) is 4.37. The minimum absolute atomic E-state index is 0.174. The first-order valence-electron chi connectivity index (χ1n) is 6.55. The summed E-state index contributed by atoms with van der Waals surface area (Å²) in [4.78, 5) is 23.3. The molecule has 110 valence electrons. The summed E-state index contributed by atoms with van der Waals surface area (Å²) in [5.74, 6) is -1.31. The van der Waals surface area contributed by atoms with Gasteiger partial charge >= 0.3 is 5.97 Å². The maximum absolute atomic E-state index is 12.3. The Balaban J connectivity index is 2.21. The van der Waals surface area contributed by atoms with E-state index in [-0.39, 0.29) is 12.3 Å². The third-order valence-corrected chi connectivity index (χ3v) is 3.12. The van der Waals surface area contributed by atoms with Gasteiger partial charge in [-0.3, -0.25) is 14.3 Å². The molecular formula is C15H17N3O3. The van der Waals surface area contributed by atoms with Gasteiger partial charge in [-0.15, -0.1) is 0 Å². The van der Waals surface area contributed by atoms with Crippen molar-refractivity contribution in [3.63, 3.8) is 0 Å². The first-order valence-corrected chi connectivity index (χ1v) is 6.55. The first kappa shape index (κ1) is 14.8. The fraction of sp³-hybridized carbons (Fsp3) is 0.267. The fourth-order valence-electron chi connectivity index (χ4n) is 2.17. The Bertz CT molecular complexity index is 649. The Hall–Kier alpha value is -2.63. The van der Waals surface area contributed by atoms with Crippen molar-refractivity contribution in [3.8, 4) is 0 Å². The van der Waals surface area contributed by atoms with E-state index in [9.17, 15) is 9.59 Å². The van der Waals surface area contributed by atoms with Crippen LogP contribution in [0.4, 0.5) is 0 Å². The van der Waals surface area contributed by atoms with Crippen LogP contribution in [0.25, 0.3) is 0 Å². The van der Waals surface area contributed by atoms with Crippen LogP contribution in [0.1, 0.15) is 34.2 Å². The number of hydrogen-bond donors (Lipinski definition) is 2. The molecule has 0 aliphatic rings. The summed E-state index contributed by atoms with van der Waals surface area (Å²) < 4.78 is 1.48. The lowest BCUT2D eigenvalue weighted by Gasteiger charge is -2.17. The van der Waals surface area contributed by atoms with Crippen LogP contribution in [0.3, 0.4) is 0 Å². The summed E-state index contributed by atoms with van der Waals surface area (Å²) in [6.45, 7) is 1.79. The molecule has 2 aromatic rings. The van der Waals surface area contributed by atoms with Crippen molar-refractivity contribution >= 4 is 11.9 Å². The number of nitrogens with zero attached hydrogens (tertiary/aromatic N) is 2. The highest BCUT2D eigenvalue weighted by Crippen LogP contribution is 2.17. The number of nitrogens with one attached hydrogen (secondary N) is 1. The molecule has 0 saturated carbocycles. The normalized spacial score (nSPS) is 11.9. The lowest BCUT2D eigenvalue weighted by molar-refractivity contribution is -0.137. The number of carboxylic acids is 1. The zero-order valence-electron chi connectivity index (χ0n) is 11.9. The van der Waals surface area contributed by atoms with E-state index in [2.05, 4.69) is 10.4 Å². The van der Waals surface area contributed by atoms with Crippen molar-refractivity contribution in [2.75, 3.05) is 0 Å². The Morgan fingerprint density at radius 2 is 2.00 bits per heavy atom. The third kappa shape index (κ3) is 3.68. The molecule has 0 aliphatic carbocycles. The summed E-state index contributed by atoms with van der Waals surface area (Å²) in [7, 11) is 1.68. The maximum atomic E-state index is 12.3. The number of rotatable bonds is 5. The molecule has 0 fully saturated rings. The smallest absolute Gasteiger partial charge is 0.305 e. The van der Waals surface area contributed by atoms with Crippen LogP contribution >= 0.6 is 0 Å². The van der Waals surface area contributed by atoms with Crippen LogP contribution in [0.2, 0.25) is 0 Å². The Morgan fingerprint density at radius 1 is 1.33 bits per heavy atom. The molecule has 21 heavy (non-hydrogen) atoms. The molecule has 6 heteroatoms. The second kappa shape index (κ2) is 6.21. The number of carboxylic acid groups (broad SMARTS) is 1. The lowest BCUT2D eigenvalue weighted by atomic mass is 10.0. The molecule has 0 radical (unpaired) electrons. The molecule has 0 saturated heterocycles. The Morgan fingerprint density at radius 3 is 2.52 bits per heavy atom. The van der Waals surface area contributed by atoms with Gasteiger partial charge < -0.3 is 10.4 Å². The summed E-state index contributed by atoms with van der Waals surface area (Å²) in [5.41, 5.74) is 1.89. The van der Waals surface area contributed by atoms with Crippen molar-refractivity contribution in [3.05, 3.63) is 53.3 Å². The average molecular weight is 287 g/mol. The topological polar surface area (TPSA) is 84.2 Å². The molecule has 1 atom stereocenters. The molecule has 1 aromatic heterocycles. The van der Waals surface area contributed by atoms with Crippen molar-refractivity contribution < 1.29 is 14.7 Å². The van der Waals surface area contributed by atoms with Crippen LogP contribution in [0.5, 0.6) is 0 Å². The van der Waals surface area contributed by atoms with Crippen LogP contribution in [-0.2, 0) is 11.8 Å². The largest absolute Gasteiger partial charge is 0.481 e. The predicted octanol–water partition coefficient (Wildman–Crippen LogP) is 1.67. The lowest BCUT2D eigenvalue weighted by Crippen LogP contribution is -2.31. The highest BCUT2D eigenvalue weighted by atomic mass is 16.4. The molecule has 0 spiro atoms. The van der Waals surface area contributed by atoms with Crippen molar-refractivity contribution in [2.45, 2.75) is 19.4 Å². The van der Waals surface area contributed by atoms with Gasteiger partial charge in [-0.2, -0.15) is 5.10 Å². The van der Waals surface area contributed by atoms with Gasteiger partial charge in [0.25, 0.3) is 5.91 Å². The quantitative estimate of drug-likeness (QED) is 0.876. The van der Waals surface area contributed by atoms with Gasteiger partial charge in [0.1, 0.15) is 5.69 Å². The van der Waals surface area contributed by atoms with E-state index < -0.39 is 12.0 Å². The van der Waals surface area contributed by atoms with Crippen LogP contribution in [0, 0.1) is 6.92 Å². The summed E-state index contributed by atoms with van der Waals surface area (Å²) in [5, 5.41) is 15.9. The van der Waals surface area contributed by atoms with E-state index in [4.69, 9.17) is 5.11 Å². The summed E-state index contributed by atoms with van der Waals surface area (Å²) in [6, 6.07) is 10.1. The highest BCUT2D eigenvalue weighted by Gasteiger charge is 2.20. The SMILES string of the molecule is Cc1cc(C(=O)NC(CC(=O)O)c2ccccc2)n(C)n1. The van der Waals surface area contributed by atoms with E-state index in [0.29, 0.717) is 5.69 Å². The minimum atomic E-state index is -0.967. The number of carbonyl (C=O) groups excluding carboxylic acids is 1.